The van der Waals surface area contributed by atoms with E-state index in [0.29, 0.717) is 18.7 Å². The molecule has 3 aromatic rings. The predicted octanol–water partition coefficient (Wildman–Crippen LogP) is 4.30. The number of benzene rings is 3. The summed E-state index contributed by atoms with van der Waals surface area (Å²) in [5.41, 5.74) is 2.61. The van der Waals surface area contributed by atoms with Crippen molar-refractivity contribution < 1.29 is 14.3 Å². The van der Waals surface area contributed by atoms with Crippen molar-refractivity contribution in [1.82, 2.24) is 10.6 Å². The molecule has 160 valence electrons. The predicted molar refractivity (Wildman–Crippen MR) is 123 cm³/mol. The van der Waals surface area contributed by atoms with Crippen LogP contribution in [0.3, 0.4) is 0 Å². The highest BCUT2D eigenvalue weighted by Gasteiger charge is 2.24. The summed E-state index contributed by atoms with van der Waals surface area (Å²) in [7, 11) is 0. The summed E-state index contributed by atoms with van der Waals surface area (Å²) in [5.74, 6) is 0.231. The molecule has 5 nitrogen and oxygen atoms in total. The van der Waals surface area contributed by atoms with Crippen LogP contribution in [-0.2, 0) is 4.79 Å². The normalized spacial score (nSPS) is 11.6. The molecule has 0 bridgehead atoms. The number of nitrogens with one attached hydrogen (secondary N) is 2. The molecule has 0 aromatic heterocycles. The molecule has 0 spiro atoms. The first kappa shape index (κ1) is 22.1. The van der Waals surface area contributed by atoms with Crippen LogP contribution in [0, 0.1) is 5.92 Å². The fourth-order valence-corrected chi connectivity index (χ4v) is 3.24. The molecule has 31 heavy (non-hydrogen) atoms. The monoisotopic (exact) mass is 416 g/mol. The summed E-state index contributed by atoms with van der Waals surface area (Å²) in [6.07, 6.45) is 0. The van der Waals surface area contributed by atoms with E-state index in [1.54, 1.807) is 24.3 Å². The molecule has 0 saturated carbocycles. The van der Waals surface area contributed by atoms with Gasteiger partial charge in [0.25, 0.3) is 5.91 Å². The van der Waals surface area contributed by atoms with E-state index in [0.717, 1.165) is 16.9 Å². The van der Waals surface area contributed by atoms with Crippen molar-refractivity contribution in [3.05, 3.63) is 90.5 Å². The third kappa shape index (κ3) is 6.19. The third-order valence-electron chi connectivity index (χ3n) is 4.90. The van der Waals surface area contributed by atoms with E-state index in [-0.39, 0.29) is 17.7 Å². The standard InChI is InChI=1S/C26H28N2O3/c1-19(2)24(28-25(29)21-13-7-4-8-14-21)26(30)27-17-18-31-23-16-10-9-15-22(23)20-11-5-3-6-12-20/h3-16,19,24H,17-18H2,1-2H3,(H,27,30)(H,28,29). The van der Waals surface area contributed by atoms with Crippen molar-refractivity contribution in [2.24, 2.45) is 5.92 Å². The lowest BCUT2D eigenvalue weighted by molar-refractivity contribution is -0.124. The van der Waals surface area contributed by atoms with Crippen LogP contribution in [-0.4, -0.2) is 31.0 Å². The summed E-state index contributed by atoms with van der Waals surface area (Å²) >= 11 is 0. The summed E-state index contributed by atoms with van der Waals surface area (Å²) in [5, 5.41) is 5.70. The molecule has 2 amide bonds. The number of hydrogen-bond acceptors (Lipinski definition) is 3. The van der Waals surface area contributed by atoms with E-state index >= 15 is 0 Å². The topological polar surface area (TPSA) is 67.4 Å². The van der Waals surface area contributed by atoms with Gasteiger partial charge in [-0.2, -0.15) is 0 Å². The highest BCUT2D eigenvalue weighted by atomic mass is 16.5. The lowest BCUT2D eigenvalue weighted by Gasteiger charge is -2.22. The van der Waals surface area contributed by atoms with E-state index in [9.17, 15) is 9.59 Å². The van der Waals surface area contributed by atoms with Crippen LogP contribution in [0.25, 0.3) is 11.1 Å². The van der Waals surface area contributed by atoms with Gasteiger partial charge in [0.1, 0.15) is 18.4 Å². The number of amides is 2. The van der Waals surface area contributed by atoms with Gasteiger partial charge in [0.05, 0.1) is 6.54 Å². The highest BCUT2D eigenvalue weighted by molar-refractivity contribution is 5.97. The Labute approximate surface area is 183 Å². The minimum atomic E-state index is -0.621. The van der Waals surface area contributed by atoms with E-state index in [4.69, 9.17) is 4.74 Å². The third-order valence-corrected chi connectivity index (χ3v) is 4.90. The van der Waals surface area contributed by atoms with Crippen molar-refractivity contribution in [1.29, 1.82) is 0 Å². The lowest BCUT2D eigenvalue weighted by atomic mass is 10.0. The first-order valence-electron chi connectivity index (χ1n) is 10.5. The van der Waals surface area contributed by atoms with E-state index < -0.39 is 6.04 Å². The number of ether oxygens (including phenoxy) is 1. The van der Waals surface area contributed by atoms with Gasteiger partial charge in [0.2, 0.25) is 5.91 Å². The van der Waals surface area contributed by atoms with Gasteiger partial charge in [0.15, 0.2) is 0 Å². The van der Waals surface area contributed by atoms with Crippen LogP contribution < -0.4 is 15.4 Å². The second kappa shape index (κ2) is 11.0. The second-order valence-electron chi connectivity index (χ2n) is 7.56. The minimum absolute atomic E-state index is 0.0487. The minimum Gasteiger partial charge on any atom is -0.491 e. The van der Waals surface area contributed by atoms with Crippen LogP contribution >= 0.6 is 0 Å². The Bertz CT molecular complexity index is 988. The van der Waals surface area contributed by atoms with Gasteiger partial charge in [-0.3, -0.25) is 9.59 Å². The molecule has 2 N–H and O–H groups in total. The van der Waals surface area contributed by atoms with Crippen LogP contribution in [0.5, 0.6) is 5.75 Å². The van der Waals surface area contributed by atoms with Gasteiger partial charge < -0.3 is 15.4 Å². The number of hydrogen-bond donors (Lipinski definition) is 2. The number of carbonyl (C=O) groups is 2. The fourth-order valence-electron chi connectivity index (χ4n) is 3.24. The smallest absolute Gasteiger partial charge is 0.251 e. The van der Waals surface area contributed by atoms with Gasteiger partial charge in [-0.15, -0.1) is 0 Å². The average Bonchev–Trinajstić information content (AvgIpc) is 2.81. The van der Waals surface area contributed by atoms with Crippen LogP contribution in [0.2, 0.25) is 0 Å². The van der Waals surface area contributed by atoms with Crippen LogP contribution in [0.15, 0.2) is 84.9 Å². The zero-order chi connectivity index (χ0) is 22.1. The Morgan fingerprint density at radius 2 is 1.45 bits per heavy atom. The largest absolute Gasteiger partial charge is 0.491 e. The van der Waals surface area contributed by atoms with Gasteiger partial charge in [-0.25, -0.2) is 0 Å². The van der Waals surface area contributed by atoms with E-state index in [1.807, 2.05) is 74.5 Å². The Balaban J connectivity index is 1.54. The highest BCUT2D eigenvalue weighted by Crippen LogP contribution is 2.29. The Morgan fingerprint density at radius 3 is 2.13 bits per heavy atom. The maximum atomic E-state index is 12.7. The summed E-state index contributed by atoms with van der Waals surface area (Å²) in [4.78, 5) is 25.1. The Hall–Kier alpha value is -3.60. The number of para-hydroxylation sites is 1. The van der Waals surface area contributed by atoms with E-state index in [1.165, 1.54) is 0 Å². The second-order valence-corrected chi connectivity index (χ2v) is 7.56. The molecule has 5 heteroatoms. The molecule has 0 aliphatic rings. The molecule has 0 aliphatic carbocycles. The molecule has 0 aliphatic heterocycles. The van der Waals surface area contributed by atoms with Crippen molar-refractivity contribution >= 4 is 11.8 Å². The van der Waals surface area contributed by atoms with Crippen LogP contribution in [0.4, 0.5) is 0 Å². The zero-order valence-electron chi connectivity index (χ0n) is 17.9. The van der Waals surface area contributed by atoms with Crippen LogP contribution in [0.1, 0.15) is 24.2 Å². The van der Waals surface area contributed by atoms with Crippen molar-refractivity contribution in [3.8, 4) is 16.9 Å². The van der Waals surface area contributed by atoms with E-state index in [2.05, 4.69) is 10.6 Å². The summed E-state index contributed by atoms with van der Waals surface area (Å²) in [6, 6.07) is 26.1. The first-order chi connectivity index (χ1) is 15.1. The molecule has 1 unspecified atom stereocenters. The quantitative estimate of drug-likeness (QED) is 0.511. The molecule has 0 heterocycles. The molecule has 1 atom stereocenters. The molecular weight excluding hydrogens is 388 g/mol. The SMILES string of the molecule is CC(C)C(NC(=O)c1ccccc1)C(=O)NCCOc1ccccc1-c1ccccc1. The van der Waals surface area contributed by atoms with Gasteiger partial charge in [-0.05, 0) is 29.7 Å². The van der Waals surface area contributed by atoms with Gasteiger partial charge in [-0.1, -0.05) is 80.6 Å². The molecule has 0 fully saturated rings. The lowest BCUT2D eigenvalue weighted by Crippen LogP contribution is -2.50. The Kier molecular flexibility index (Phi) is 7.82. The Morgan fingerprint density at radius 1 is 0.839 bits per heavy atom. The van der Waals surface area contributed by atoms with Crippen molar-refractivity contribution in [3.63, 3.8) is 0 Å². The number of rotatable bonds is 9. The molecule has 0 radical (unpaired) electrons. The number of carbonyl (C=O) groups excluding carboxylic acids is 2. The summed E-state index contributed by atoms with van der Waals surface area (Å²) < 4.78 is 5.93. The molecule has 0 saturated heterocycles. The molecular formula is C26H28N2O3. The van der Waals surface area contributed by atoms with Crippen molar-refractivity contribution in [2.45, 2.75) is 19.9 Å². The molecule has 3 rings (SSSR count). The average molecular weight is 417 g/mol. The van der Waals surface area contributed by atoms with Gasteiger partial charge >= 0.3 is 0 Å². The maximum absolute atomic E-state index is 12.7. The fraction of sp³-hybridized carbons (Fsp3) is 0.231. The first-order valence-corrected chi connectivity index (χ1v) is 10.5. The van der Waals surface area contributed by atoms with Crippen molar-refractivity contribution in [2.75, 3.05) is 13.2 Å². The van der Waals surface area contributed by atoms with Gasteiger partial charge in [0, 0.05) is 11.1 Å². The zero-order valence-corrected chi connectivity index (χ0v) is 17.9. The maximum Gasteiger partial charge on any atom is 0.251 e. The molecule has 3 aromatic carbocycles. The summed E-state index contributed by atoms with van der Waals surface area (Å²) in [6.45, 7) is 4.48.